The molecule has 0 atom stereocenters. The molecule has 0 saturated carbocycles. The van der Waals surface area contributed by atoms with Crippen LogP contribution in [0.15, 0.2) is 35.1 Å². The maximum absolute atomic E-state index is 12.9. The van der Waals surface area contributed by atoms with E-state index < -0.39 is 0 Å². The van der Waals surface area contributed by atoms with Crippen LogP contribution in [0.25, 0.3) is 5.69 Å². The molecule has 0 N–H and O–H groups in total. The molecular weight excluding hydrogens is 362 g/mol. The molecule has 1 aromatic carbocycles. The van der Waals surface area contributed by atoms with Gasteiger partial charge in [0.05, 0.1) is 19.9 Å². The summed E-state index contributed by atoms with van der Waals surface area (Å²) in [5.41, 5.74) is 0.834. The number of rotatable bonds is 1. The molecule has 72 valence electrons. The van der Waals surface area contributed by atoms with Gasteiger partial charge in [0, 0.05) is 6.20 Å². The number of halogens is 3. The maximum atomic E-state index is 12.9. The third kappa shape index (κ3) is 1.98. The van der Waals surface area contributed by atoms with Crippen molar-refractivity contribution in [2.75, 3.05) is 0 Å². The first-order valence-corrected chi connectivity index (χ1v) is 5.69. The van der Waals surface area contributed by atoms with E-state index in [1.807, 2.05) is 6.20 Å². The molecule has 0 amide bonds. The number of hydrogen-bond acceptors (Lipinski definition) is 1. The molecule has 0 unspecified atom stereocenters. The van der Waals surface area contributed by atoms with E-state index in [1.165, 1.54) is 6.07 Å². The lowest BCUT2D eigenvalue weighted by Crippen LogP contribution is -1.94. The fourth-order valence-electron chi connectivity index (χ4n) is 1.07. The highest BCUT2D eigenvalue weighted by molar-refractivity contribution is 14.1. The normalized spacial score (nSPS) is 10.5. The van der Waals surface area contributed by atoms with E-state index in [0.717, 1.165) is 9.26 Å². The van der Waals surface area contributed by atoms with E-state index in [4.69, 9.17) is 0 Å². The molecule has 1 heterocycles. The molecule has 0 spiro atoms. The summed E-state index contributed by atoms with van der Waals surface area (Å²) in [4.78, 5) is 0. The Morgan fingerprint density at radius 2 is 2.21 bits per heavy atom. The Kier molecular flexibility index (Phi) is 2.87. The summed E-state index contributed by atoms with van der Waals surface area (Å²) in [6, 6.07) is 4.79. The highest BCUT2D eigenvalue weighted by Crippen LogP contribution is 2.19. The Labute approximate surface area is 102 Å². The van der Waals surface area contributed by atoms with Crippen molar-refractivity contribution in [3.63, 3.8) is 0 Å². The average Bonchev–Trinajstić information content (AvgIpc) is 2.57. The first-order chi connectivity index (χ1) is 6.66. The van der Waals surface area contributed by atoms with Crippen LogP contribution in [0.5, 0.6) is 0 Å². The molecule has 2 rings (SSSR count). The largest absolute Gasteiger partial charge is 0.240 e. The molecular formula is C9H5BrFIN2. The zero-order valence-electron chi connectivity index (χ0n) is 6.92. The molecule has 0 aliphatic rings. The van der Waals surface area contributed by atoms with Gasteiger partial charge < -0.3 is 0 Å². The molecule has 0 aliphatic carbocycles. The summed E-state index contributed by atoms with van der Waals surface area (Å²) in [5, 5.41) is 4.12. The summed E-state index contributed by atoms with van der Waals surface area (Å²) in [7, 11) is 0. The Morgan fingerprint density at radius 1 is 1.43 bits per heavy atom. The summed E-state index contributed by atoms with van der Waals surface area (Å²) in [6.07, 6.45) is 3.62. The van der Waals surface area contributed by atoms with Gasteiger partial charge in [0.15, 0.2) is 0 Å². The predicted octanol–water partition coefficient (Wildman–Crippen LogP) is 3.38. The van der Waals surface area contributed by atoms with Crippen molar-refractivity contribution in [1.29, 1.82) is 0 Å². The average molecular weight is 367 g/mol. The van der Waals surface area contributed by atoms with Gasteiger partial charge in [-0.1, -0.05) is 0 Å². The van der Waals surface area contributed by atoms with Crippen LogP contribution in [-0.2, 0) is 0 Å². The molecule has 0 aliphatic heterocycles. The van der Waals surface area contributed by atoms with Gasteiger partial charge in [0.1, 0.15) is 5.82 Å². The van der Waals surface area contributed by atoms with Crippen LogP contribution in [0, 0.1) is 9.39 Å². The summed E-state index contributed by atoms with van der Waals surface area (Å²) in [5.74, 6) is -0.268. The highest BCUT2D eigenvalue weighted by atomic mass is 127. The van der Waals surface area contributed by atoms with Crippen LogP contribution in [-0.4, -0.2) is 9.78 Å². The van der Waals surface area contributed by atoms with Gasteiger partial charge in [-0.25, -0.2) is 9.07 Å². The first-order valence-electron chi connectivity index (χ1n) is 3.82. The second-order valence-corrected chi connectivity index (χ2v) is 4.80. The minimum absolute atomic E-state index is 0.268. The Balaban J connectivity index is 2.47. The fourth-order valence-corrected chi connectivity index (χ4v) is 1.82. The van der Waals surface area contributed by atoms with E-state index in [9.17, 15) is 4.39 Å². The van der Waals surface area contributed by atoms with Gasteiger partial charge in [-0.05, 0) is 56.7 Å². The second-order valence-electron chi connectivity index (χ2n) is 2.70. The molecule has 2 nitrogen and oxygen atoms in total. The highest BCUT2D eigenvalue weighted by Gasteiger charge is 2.02. The van der Waals surface area contributed by atoms with Crippen molar-refractivity contribution in [2.45, 2.75) is 0 Å². The standard InChI is InChI=1S/C9H5BrFIN2/c10-8-3-7(1-2-9(8)11)14-5-6(12)4-13-14/h1-5H. The monoisotopic (exact) mass is 366 g/mol. The lowest BCUT2D eigenvalue weighted by molar-refractivity contribution is 0.620. The van der Waals surface area contributed by atoms with Crippen molar-refractivity contribution in [2.24, 2.45) is 0 Å². The Morgan fingerprint density at radius 3 is 2.79 bits per heavy atom. The number of hydrogen-bond donors (Lipinski definition) is 0. The van der Waals surface area contributed by atoms with Gasteiger partial charge in [0.25, 0.3) is 0 Å². The molecule has 0 fully saturated rings. The number of aromatic nitrogens is 2. The van der Waals surface area contributed by atoms with Crippen molar-refractivity contribution in [3.05, 3.63) is 44.5 Å². The third-order valence-electron chi connectivity index (χ3n) is 1.72. The van der Waals surface area contributed by atoms with Crippen LogP contribution in [0.1, 0.15) is 0 Å². The molecule has 2 aromatic rings. The summed E-state index contributed by atoms with van der Waals surface area (Å²) < 4.78 is 16.1. The Hall–Kier alpha value is -0.430. The van der Waals surface area contributed by atoms with Crippen molar-refractivity contribution < 1.29 is 4.39 Å². The molecule has 0 radical (unpaired) electrons. The zero-order valence-corrected chi connectivity index (χ0v) is 10.7. The topological polar surface area (TPSA) is 17.8 Å². The molecule has 0 saturated heterocycles. The second kappa shape index (κ2) is 3.98. The van der Waals surface area contributed by atoms with E-state index in [2.05, 4.69) is 43.6 Å². The number of benzene rings is 1. The predicted molar refractivity (Wildman–Crippen MR) is 63.9 cm³/mol. The van der Waals surface area contributed by atoms with E-state index >= 15 is 0 Å². The van der Waals surface area contributed by atoms with Crippen LogP contribution in [0.4, 0.5) is 4.39 Å². The summed E-state index contributed by atoms with van der Waals surface area (Å²) >= 11 is 5.31. The maximum Gasteiger partial charge on any atom is 0.137 e. The Bertz CT molecular complexity index is 470. The van der Waals surface area contributed by atoms with Gasteiger partial charge >= 0.3 is 0 Å². The SMILES string of the molecule is Fc1ccc(-n2cc(I)cn2)cc1Br. The number of nitrogens with zero attached hydrogens (tertiary/aromatic N) is 2. The van der Waals surface area contributed by atoms with Crippen LogP contribution < -0.4 is 0 Å². The molecule has 1 aromatic heterocycles. The van der Waals surface area contributed by atoms with Gasteiger partial charge in [0.2, 0.25) is 0 Å². The van der Waals surface area contributed by atoms with E-state index in [1.54, 1.807) is 23.0 Å². The van der Waals surface area contributed by atoms with Crippen molar-refractivity contribution in [3.8, 4) is 5.69 Å². The quantitative estimate of drug-likeness (QED) is 0.707. The third-order valence-corrected chi connectivity index (χ3v) is 2.88. The van der Waals surface area contributed by atoms with E-state index in [0.29, 0.717) is 4.47 Å². The summed E-state index contributed by atoms with van der Waals surface area (Å²) in [6.45, 7) is 0. The van der Waals surface area contributed by atoms with Crippen molar-refractivity contribution in [1.82, 2.24) is 9.78 Å². The van der Waals surface area contributed by atoms with Crippen LogP contribution in [0.2, 0.25) is 0 Å². The minimum Gasteiger partial charge on any atom is -0.240 e. The lowest BCUT2D eigenvalue weighted by atomic mass is 10.3. The fraction of sp³-hybridized carbons (Fsp3) is 0. The van der Waals surface area contributed by atoms with E-state index in [-0.39, 0.29) is 5.82 Å². The smallest absolute Gasteiger partial charge is 0.137 e. The van der Waals surface area contributed by atoms with Crippen LogP contribution in [0.3, 0.4) is 0 Å². The molecule has 0 bridgehead atoms. The first kappa shape index (κ1) is 10.1. The lowest BCUT2D eigenvalue weighted by Gasteiger charge is -2.01. The molecule has 5 heteroatoms. The van der Waals surface area contributed by atoms with Gasteiger partial charge in [-0.2, -0.15) is 5.10 Å². The van der Waals surface area contributed by atoms with Gasteiger partial charge in [-0.3, -0.25) is 0 Å². The zero-order chi connectivity index (χ0) is 10.1. The minimum atomic E-state index is -0.268. The van der Waals surface area contributed by atoms with Crippen LogP contribution >= 0.6 is 38.5 Å². The van der Waals surface area contributed by atoms with Crippen molar-refractivity contribution >= 4 is 38.5 Å². The molecule has 14 heavy (non-hydrogen) atoms. The van der Waals surface area contributed by atoms with Gasteiger partial charge in [-0.15, -0.1) is 0 Å².